The van der Waals surface area contributed by atoms with E-state index in [2.05, 4.69) is 23.3 Å². The van der Waals surface area contributed by atoms with Crippen LogP contribution in [0.2, 0.25) is 0 Å². The molecule has 1 aromatic carbocycles. The number of hydrogen-bond acceptors (Lipinski definition) is 4. The molecular weight excluding hydrogens is 220 g/mol. The van der Waals surface area contributed by atoms with E-state index in [4.69, 9.17) is 4.74 Å². The molecule has 1 aliphatic heterocycles. The first-order valence-electron chi connectivity index (χ1n) is 5.44. The Hall–Kier alpha value is -0.970. The quantitative estimate of drug-likeness (QED) is 0.884. The molecular formula is C12H14N2OS. The molecule has 0 amide bonds. The molecule has 3 rings (SSSR count). The minimum atomic E-state index is 0.0118. The number of rotatable bonds is 3. The second-order valence-corrected chi connectivity index (χ2v) is 5.53. The van der Waals surface area contributed by atoms with Crippen molar-refractivity contribution in [2.24, 2.45) is 0 Å². The number of para-hydroxylation sites is 1. The summed E-state index contributed by atoms with van der Waals surface area (Å²) in [5.74, 6) is 0. The van der Waals surface area contributed by atoms with Gasteiger partial charge < -0.3 is 10.1 Å². The highest BCUT2D eigenvalue weighted by molar-refractivity contribution is 7.18. The van der Waals surface area contributed by atoms with Crippen LogP contribution in [0.3, 0.4) is 0 Å². The van der Waals surface area contributed by atoms with E-state index in [1.54, 1.807) is 11.3 Å². The normalized spacial score (nSPS) is 18.6. The van der Waals surface area contributed by atoms with Gasteiger partial charge in [-0.15, -0.1) is 11.3 Å². The Labute approximate surface area is 98.5 Å². The average molecular weight is 234 g/mol. The highest BCUT2D eigenvalue weighted by Gasteiger charge is 2.32. The van der Waals surface area contributed by atoms with E-state index in [-0.39, 0.29) is 5.60 Å². The Morgan fingerprint density at radius 2 is 2.25 bits per heavy atom. The summed E-state index contributed by atoms with van der Waals surface area (Å²) in [7, 11) is 0. The van der Waals surface area contributed by atoms with Crippen LogP contribution in [0.1, 0.15) is 11.9 Å². The van der Waals surface area contributed by atoms with Crippen molar-refractivity contribution in [3.05, 3.63) is 29.3 Å². The summed E-state index contributed by atoms with van der Waals surface area (Å²) in [6, 6.07) is 8.21. The van der Waals surface area contributed by atoms with E-state index >= 15 is 0 Å². The third-order valence-corrected chi connectivity index (χ3v) is 3.89. The maximum Gasteiger partial charge on any atom is 0.120 e. The molecule has 0 unspecified atom stereocenters. The molecule has 2 aromatic rings. The van der Waals surface area contributed by atoms with E-state index in [1.807, 2.05) is 18.2 Å². The summed E-state index contributed by atoms with van der Waals surface area (Å²) in [4.78, 5) is 4.55. The number of thiazole rings is 1. The molecule has 3 nitrogen and oxygen atoms in total. The molecule has 1 N–H and O–H groups in total. The molecule has 16 heavy (non-hydrogen) atoms. The van der Waals surface area contributed by atoms with Crippen LogP contribution >= 0.6 is 11.3 Å². The largest absolute Gasteiger partial charge is 0.365 e. The second-order valence-electron chi connectivity index (χ2n) is 4.42. The Morgan fingerprint density at radius 3 is 2.94 bits per heavy atom. The molecule has 84 valence electrons. The zero-order valence-corrected chi connectivity index (χ0v) is 10.0. The summed E-state index contributed by atoms with van der Waals surface area (Å²) in [5.41, 5.74) is 1.08. The second kappa shape index (κ2) is 3.80. The average Bonchev–Trinajstić information content (AvgIpc) is 2.66. The number of aromatic nitrogens is 1. The standard InChI is InChI=1S/C12H14N2OS/c1-12(7-13-8-12)15-6-11-14-9-4-2-3-5-10(9)16-11/h2-5,13H,6-8H2,1H3. The van der Waals surface area contributed by atoms with Crippen LogP contribution in [0.4, 0.5) is 0 Å². The summed E-state index contributed by atoms with van der Waals surface area (Å²) in [6.45, 7) is 4.64. The van der Waals surface area contributed by atoms with E-state index in [1.165, 1.54) is 4.70 Å². The summed E-state index contributed by atoms with van der Waals surface area (Å²) < 4.78 is 7.10. The van der Waals surface area contributed by atoms with Crippen LogP contribution < -0.4 is 5.32 Å². The van der Waals surface area contributed by atoms with Crippen molar-refractivity contribution in [1.82, 2.24) is 10.3 Å². The van der Waals surface area contributed by atoms with E-state index < -0.39 is 0 Å². The van der Waals surface area contributed by atoms with Crippen LogP contribution in [0.15, 0.2) is 24.3 Å². The minimum Gasteiger partial charge on any atom is -0.365 e. The first kappa shape index (κ1) is 10.2. The highest BCUT2D eigenvalue weighted by Crippen LogP contribution is 2.24. The lowest BCUT2D eigenvalue weighted by atomic mass is 10.0. The van der Waals surface area contributed by atoms with Crippen molar-refractivity contribution in [2.45, 2.75) is 19.1 Å². The van der Waals surface area contributed by atoms with E-state index in [9.17, 15) is 0 Å². The lowest BCUT2D eigenvalue weighted by Crippen LogP contribution is -2.58. The summed E-state index contributed by atoms with van der Waals surface area (Å²) in [5, 5.41) is 4.29. The number of benzene rings is 1. The molecule has 1 saturated heterocycles. The fraction of sp³-hybridized carbons (Fsp3) is 0.417. The molecule has 0 atom stereocenters. The van der Waals surface area contributed by atoms with Gasteiger partial charge in [0.1, 0.15) is 5.01 Å². The fourth-order valence-electron chi connectivity index (χ4n) is 1.80. The van der Waals surface area contributed by atoms with E-state index in [0.29, 0.717) is 6.61 Å². The van der Waals surface area contributed by atoms with Crippen molar-refractivity contribution in [3.8, 4) is 0 Å². The molecule has 0 aliphatic carbocycles. The Kier molecular flexibility index (Phi) is 2.42. The van der Waals surface area contributed by atoms with Gasteiger partial charge in [0.2, 0.25) is 0 Å². The number of nitrogens with zero attached hydrogens (tertiary/aromatic N) is 1. The first-order valence-corrected chi connectivity index (χ1v) is 6.26. The van der Waals surface area contributed by atoms with Gasteiger partial charge in [-0.2, -0.15) is 0 Å². The Bertz CT molecular complexity index is 471. The third kappa shape index (κ3) is 1.84. The topological polar surface area (TPSA) is 34.1 Å². The van der Waals surface area contributed by atoms with Crippen LogP contribution in [0.25, 0.3) is 10.2 Å². The lowest BCUT2D eigenvalue weighted by Gasteiger charge is -2.38. The van der Waals surface area contributed by atoms with Crippen molar-refractivity contribution in [3.63, 3.8) is 0 Å². The van der Waals surface area contributed by atoms with Crippen molar-refractivity contribution in [1.29, 1.82) is 0 Å². The first-order chi connectivity index (χ1) is 7.75. The molecule has 1 fully saturated rings. The molecule has 1 aromatic heterocycles. The number of nitrogens with one attached hydrogen (secondary N) is 1. The summed E-state index contributed by atoms with van der Waals surface area (Å²) >= 11 is 1.72. The molecule has 0 bridgehead atoms. The monoisotopic (exact) mass is 234 g/mol. The number of fused-ring (bicyclic) bond motifs is 1. The maximum absolute atomic E-state index is 5.87. The van der Waals surface area contributed by atoms with Crippen LogP contribution in [0, 0.1) is 0 Å². The van der Waals surface area contributed by atoms with Gasteiger partial charge in [0.05, 0.1) is 22.4 Å². The van der Waals surface area contributed by atoms with Crippen molar-refractivity contribution < 1.29 is 4.74 Å². The molecule has 0 radical (unpaired) electrons. The highest BCUT2D eigenvalue weighted by atomic mass is 32.1. The van der Waals surface area contributed by atoms with Gasteiger partial charge in [-0.1, -0.05) is 12.1 Å². The van der Waals surface area contributed by atoms with Crippen LogP contribution in [0.5, 0.6) is 0 Å². The third-order valence-electron chi connectivity index (χ3n) is 2.88. The number of ether oxygens (including phenoxy) is 1. The molecule has 1 aliphatic rings. The smallest absolute Gasteiger partial charge is 0.120 e. The molecule has 2 heterocycles. The van der Waals surface area contributed by atoms with Crippen LogP contribution in [-0.4, -0.2) is 23.7 Å². The zero-order chi connectivity index (χ0) is 11.0. The Morgan fingerprint density at radius 1 is 1.44 bits per heavy atom. The predicted molar refractivity (Wildman–Crippen MR) is 65.7 cm³/mol. The molecule has 4 heteroatoms. The van der Waals surface area contributed by atoms with Gasteiger partial charge in [-0.05, 0) is 19.1 Å². The van der Waals surface area contributed by atoms with Gasteiger partial charge in [0.25, 0.3) is 0 Å². The molecule has 0 saturated carbocycles. The van der Waals surface area contributed by atoms with Gasteiger partial charge >= 0.3 is 0 Å². The van der Waals surface area contributed by atoms with Gasteiger partial charge in [0.15, 0.2) is 0 Å². The van der Waals surface area contributed by atoms with Gasteiger partial charge in [0, 0.05) is 13.1 Å². The van der Waals surface area contributed by atoms with Gasteiger partial charge in [-0.25, -0.2) is 4.98 Å². The lowest BCUT2D eigenvalue weighted by molar-refractivity contribution is -0.0767. The summed E-state index contributed by atoms with van der Waals surface area (Å²) in [6.07, 6.45) is 0. The SMILES string of the molecule is CC1(OCc2nc3ccccc3s2)CNC1. The van der Waals surface area contributed by atoms with Gasteiger partial charge in [-0.3, -0.25) is 0 Å². The van der Waals surface area contributed by atoms with E-state index in [0.717, 1.165) is 23.6 Å². The predicted octanol–water partition coefficient (Wildman–Crippen LogP) is 2.17. The zero-order valence-electron chi connectivity index (χ0n) is 9.19. The Balaban J connectivity index is 1.74. The van der Waals surface area contributed by atoms with Crippen molar-refractivity contribution >= 4 is 21.6 Å². The maximum atomic E-state index is 5.87. The minimum absolute atomic E-state index is 0.0118. The van der Waals surface area contributed by atoms with Crippen molar-refractivity contribution in [2.75, 3.05) is 13.1 Å². The van der Waals surface area contributed by atoms with Crippen LogP contribution in [-0.2, 0) is 11.3 Å². The number of hydrogen-bond donors (Lipinski definition) is 1. The fourth-order valence-corrected chi connectivity index (χ4v) is 2.68. The molecule has 0 spiro atoms.